The van der Waals surface area contributed by atoms with Gasteiger partial charge in [-0.05, 0) is 61.9 Å². The third-order valence-corrected chi connectivity index (χ3v) is 6.01. The lowest BCUT2D eigenvalue weighted by Gasteiger charge is -2.13. The summed E-state index contributed by atoms with van der Waals surface area (Å²) in [6.07, 6.45) is 4.33. The summed E-state index contributed by atoms with van der Waals surface area (Å²) in [4.78, 5) is 21.8. The number of carbonyl (C=O) groups excluding carboxylic acids is 1. The van der Waals surface area contributed by atoms with Gasteiger partial charge in [0.15, 0.2) is 6.61 Å². The number of nitrogens with zero attached hydrogens (tertiary/aromatic N) is 2. The van der Waals surface area contributed by atoms with Crippen molar-refractivity contribution in [2.75, 3.05) is 26.1 Å². The first-order valence-electron chi connectivity index (χ1n) is 11.2. The topological polar surface area (TPSA) is 70.0 Å². The lowest BCUT2D eigenvalue weighted by molar-refractivity contribution is -0.142. The Morgan fingerprint density at radius 1 is 1.03 bits per heavy atom. The Morgan fingerprint density at radius 2 is 1.79 bits per heavy atom. The molecule has 3 aromatic rings. The van der Waals surface area contributed by atoms with Crippen LogP contribution in [0.4, 0.5) is 0 Å². The van der Waals surface area contributed by atoms with Crippen LogP contribution in [0.15, 0.2) is 78.1 Å². The van der Waals surface area contributed by atoms with Crippen molar-refractivity contribution in [1.29, 1.82) is 0 Å². The second kappa shape index (κ2) is 13.4. The van der Waals surface area contributed by atoms with Crippen LogP contribution in [0, 0.1) is 0 Å². The van der Waals surface area contributed by atoms with Crippen molar-refractivity contribution in [3.63, 3.8) is 0 Å². The predicted octanol–water partition coefficient (Wildman–Crippen LogP) is 5.41. The number of thioether (sulfide) groups is 1. The normalized spacial score (nSPS) is 12.1. The number of rotatable bonds is 12. The SMILES string of the molecule is CCOC(=O)C(Cc1ccc(OCCO/N=C(/C)c2ccc(-c3ccccn3)cc2)cc1)SC. The van der Waals surface area contributed by atoms with Crippen molar-refractivity contribution >= 4 is 23.4 Å². The average molecular weight is 479 g/mol. The fourth-order valence-electron chi connectivity index (χ4n) is 3.24. The Morgan fingerprint density at radius 3 is 2.44 bits per heavy atom. The first-order chi connectivity index (χ1) is 16.6. The predicted molar refractivity (Wildman–Crippen MR) is 137 cm³/mol. The molecule has 1 heterocycles. The number of hydrogen-bond acceptors (Lipinski definition) is 7. The van der Waals surface area contributed by atoms with E-state index >= 15 is 0 Å². The fraction of sp³-hybridized carbons (Fsp3) is 0.296. The van der Waals surface area contributed by atoms with Crippen LogP contribution < -0.4 is 4.74 Å². The van der Waals surface area contributed by atoms with E-state index in [1.165, 1.54) is 11.8 Å². The van der Waals surface area contributed by atoms with Crippen molar-refractivity contribution in [2.24, 2.45) is 5.16 Å². The number of carbonyl (C=O) groups is 1. The van der Waals surface area contributed by atoms with Crippen molar-refractivity contribution in [2.45, 2.75) is 25.5 Å². The smallest absolute Gasteiger partial charge is 0.319 e. The van der Waals surface area contributed by atoms with Gasteiger partial charge >= 0.3 is 5.97 Å². The van der Waals surface area contributed by atoms with Crippen LogP contribution in [-0.4, -0.2) is 48.0 Å². The highest BCUT2D eigenvalue weighted by molar-refractivity contribution is 7.99. The molecular weight excluding hydrogens is 448 g/mol. The van der Waals surface area contributed by atoms with Crippen LogP contribution in [0.3, 0.4) is 0 Å². The van der Waals surface area contributed by atoms with Crippen LogP contribution in [0.1, 0.15) is 25.0 Å². The summed E-state index contributed by atoms with van der Waals surface area (Å²) in [7, 11) is 0. The van der Waals surface area contributed by atoms with Crippen LogP contribution in [0.2, 0.25) is 0 Å². The van der Waals surface area contributed by atoms with Gasteiger partial charge in [-0.15, -0.1) is 11.8 Å². The molecule has 178 valence electrons. The third-order valence-electron chi connectivity index (χ3n) is 5.09. The summed E-state index contributed by atoms with van der Waals surface area (Å²) in [5.41, 5.74) is 4.84. The average Bonchev–Trinajstić information content (AvgIpc) is 2.88. The number of hydrogen-bond donors (Lipinski definition) is 0. The van der Waals surface area contributed by atoms with Crippen LogP contribution >= 0.6 is 11.8 Å². The number of esters is 1. The van der Waals surface area contributed by atoms with Crippen molar-refractivity contribution < 1.29 is 19.1 Å². The second-order valence-corrected chi connectivity index (χ2v) is 8.52. The lowest BCUT2D eigenvalue weighted by atomic mass is 10.1. The molecule has 0 N–H and O–H groups in total. The molecule has 0 aliphatic carbocycles. The van der Waals surface area contributed by atoms with E-state index in [1.807, 2.05) is 86.8 Å². The van der Waals surface area contributed by atoms with Crippen LogP contribution in [0.5, 0.6) is 5.75 Å². The van der Waals surface area contributed by atoms with Crippen molar-refractivity contribution in [3.8, 4) is 17.0 Å². The first kappa shape index (κ1) is 25.3. The van der Waals surface area contributed by atoms with E-state index in [0.29, 0.717) is 26.2 Å². The molecule has 0 bridgehead atoms. The minimum absolute atomic E-state index is 0.174. The van der Waals surface area contributed by atoms with Gasteiger partial charge in [0.2, 0.25) is 0 Å². The Bertz CT molecular complexity index is 1050. The van der Waals surface area contributed by atoms with E-state index in [1.54, 1.807) is 6.20 Å². The van der Waals surface area contributed by atoms with E-state index in [9.17, 15) is 4.79 Å². The Labute approximate surface area is 205 Å². The molecule has 1 aromatic heterocycles. The van der Waals surface area contributed by atoms with Gasteiger partial charge in [0.25, 0.3) is 0 Å². The molecule has 0 amide bonds. The zero-order valence-corrected chi connectivity index (χ0v) is 20.6. The van der Waals surface area contributed by atoms with E-state index in [0.717, 1.165) is 33.8 Å². The molecule has 0 aliphatic rings. The zero-order chi connectivity index (χ0) is 24.2. The Balaban J connectivity index is 1.42. The molecular formula is C27H30N2O4S. The highest BCUT2D eigenvalue weighted by Gasteiger charge is 2.18. The summed E-state index contributed by atoms with van der Waals surface area (Å²) in [5, 5.41) is 3.99. The van der Waals surface area contributed by atoms with Gasteiger partial charge in [0.1, 0.15) is 17.6 Å². The summed E-state index contributed by atoms with van der Waals surface area (Å²) >= 11 is 1.50. The lowest BCUT2D eigenvalue weighted by Crippen LogP contribution is -2.22. The van der Waals surface area contributed by atoms with Gasteiger partial charge in [0.05, 0.1) is 18.0 Å². The van der Waals surface area contributed by atoms with Gasteiger partial charge < -0.3 is 14.3 Å². The van der Waals surface area contributed by atoms with Gasteiger partial charge in [-0.2, -0.15) is 0 Å². The van der Waals surface area contributed by atoms with Crippen LogP contribution in [-0.2, 0) is 20.8 Å². The molecule has 34 heavy (non-hydrogen) atoms. The quantitative estimate of drug-likeness (QED) is 0.150. The number of benzene rings is 2. The van der Waals surface area contributed by atoms with E-state index in [2.05, 4.69) is 10.1 Å². The second-order valence-electron chi connectivity index (χ2n) is 7.48. The molecule has 0 saturated heterocycles. The van der Waals surface area contributed by atoms with Crippen molar-refractivity contribution in [1.82, 2.24) is 4.98 Å². The monoisotopic (exact) mass is 478 g/mol. The molecule has 0 saturated carbocycles. The molecule has 0 aliphatic heterocycles. The van der Waals surface area contributed by atoms with Gasteiger partial charge in [-0.3, -0.25) is 9.78 Å². The maximum Gasteiger partial charge on any atom is 0.319 e. The van der Waals surface area contributed by atoms with Gasteiger partial charge in [0, 0.05) is 11.8 Å². The maximum atomic E-state index is 12.0. The summed E-state index contributed by atoms with van der Waals surface area (Å²) in [6, 6.07) is 21.7. The highest BCUT2D eigenvalue weighted by Crippen LogP contribution is 2.19. The van der Waals surface area contributed by atoms with Gasteiger partial charge in [-0.1, -0.05) is 47.6 Å². The molecule has 3 rings (SSSR count). The molecule has 2 aromatic carbocycles. The van der Waals surface area contributed by atoms with E-state index < -0.39 is 0 Å². The zero-order valence-electron chi connectivity index (χ0n) is 19.8. The molecule has 7 heteroatoms. The third kappa shape index (κ3) is 7.63. The Kier molecular flexibility index (Phi) is 9.98. The minimum atomic E-state index is -0.201. The molecule has 1 atom stereocenters. The summed E-state index contributed by atoms with van der Waals surface area (Å²) < 4.78 is 10.9. The molecule has 6 nitrogen and oxygen atoms in total. The highest BCUT2D eigenvalue weighted by atomic mass is 32.2. The maximum absolute atomic E-state index is 12.0. The van der Waals surface area contributed by atoms with Gasteiger partial charge in [-0.25, -0.2) is 0 Å². The first-order valence-corrected chi connectivity index (χ1v) is 12.5. The molecule has 0 radical (unpaired) electrons. The van der Waals surface area contributed by atoms with Crippen LogP contribution in [0.25, 0.3) is 11.3 Å². The standard InChI is InChI=1S/C27H30N2O4S/c1-4-31-27(30)26(34-3)19-21-8-14-24(15-9-21)32-17-18-33-29-20(2)22-10-12-23(13-11-22)25-7-5-6-16-28-25/h5-16,26H,4,17-19H2,1-3H3/b29-20-. The fourth-order valence-corrected chi connectivity index (χ4v) is 3.86. The largest absolute Gasteiger partial charge is 0.490 e. The van der Waals surface area contributed by atoms with Crippen molar-refractivity contribution in [3.05, 3.63) is 84.1 Å². The number of aromatic nitrogens is 1. The minimum Gasteiger partial charge on any atom is -0.490 e. The van der Waals surface area contributed by atoms with E-state index in [-0.39, 0.29) is 11.2 Å². The number of ether oxygens (including phenoxy) is 2. The molecule has 0 fully saturated rings. The molecule has 0 spiro atoms. The molecule has 1 unspecified atom stereocenters. The summed E-state index contributed by atoms with van der Waals surface area (Å²) in [5.74, 6) is 0.572. The number of pyridine rings is 1. The Hall–Kier alpha value is -3.32. The summed E-state index contributed by atoms with van der Waals surface area (Å²) in [6.45, 7) is 4.84. The van der Waals surface area contributed by atoms with E-state index in [4.69, 9.17) is 14.3 Å². The number of oxime groups is 1.